The van der Waals surface area contributed by atoms with Gasteiger partial charge in [-0.1, -0.05) is 18.7 Å². The van der Waals surface area contributed by atoms with Gasteiger partial charge in [0.15, 0.2) is 15.6 Å². The van der Waals surface area contributed by atoms with Crippen LogP contribution in [-0.4, -0.2) is 39.5 Å². The van der Waals surface area contributed by atoms with Gasteiger partial charge >= 0.3 is 5.97 Å². The number of esters is 1. The molecule has 29 heavy (non-hydrogen) atoms. The Hall–Kier alpha value is -2.11. The summed E-state index contributed by atoms with van der Waals surface area (Å²) >= 11 is 5.92. The highest BCUT2D eigenvalue weighted by atomic mass is 79.9. The fourth-order valence-electron chi connectivity index (χ4n) is 2.56. The molecule has 0 saturated heterocycles. The fraction of sp³-hybridized carbons (Fsp3) is 0.333. The van der Waals surface area contributed by atoms with Gasteiger partial charge in [0.25, 0.3) is 0 Å². The Morgan fingerprint density at radius 1 is 1.34 bits per heavy atom. The van der Waals surface area contributed by atoms with E-state index in [4.69, 9.17) is 9.15 Å². The molecule has 0 fully saturated rings. The number of ether oxygens (including phenoxy) is 1. The molecule has 0 aliphatic rings. The third kappa shape index (κ3) is 4.90. The number of aromatic nitrogens is 3. The molecular formula is C18H19BrN4O4S2. The van der Waals surface area contributed by atoms with Crippen LogP contribution >= 0.6 is 39.0 Å². The second-order valence-electron chi connectivity index (χ2n) is 5.79. The van der Waals surface area contributed by atoms with Crippen molar-refractivity contribution < 1.29 is 18.7 Å². The molecule has 0 aliphatic carbocycles. The largest absolute Gasteiger partial charge is 0.465 e. The van der Waals surface area contributed by atoms with Crippen molar-refractivity contribution in [3.8, 4) is 11.6 Å². The average molecular weight is 499 g/mol. The number of furan rings is 1. The number of halogens is 1. The highest BCUT2D eigenvalue weighted by molar-refractivity contribution is 9.10. The smallest absolute Gasteiger partial charge is 0.340 e. The molecule has 11 heteroatoms. The number of methoxy groups -OCH3 is 1. The molecule has 3 aromatic rings. The zero-order valence-corrected chi connectivity index (χ0v) is 19.2. The number of thiophene rings is 1. The number of carbonyl (C=O) groups excluding carboxylic acids is 2. The monoisotopic (exact) mass is 498 g/mol. The first kappa shape index (κ1) is 21.6. The van der Waals surface area contributed by atoms with E-state index in [0.717, 1.165) is 11.3 Å². The van der Waals surface area contributed by atoms with E-state index in [1.807, 2.05) is 18.4 Å². The van der Waals surface area contributed by atoms with Crippen molar-refractivity contribution in [3.63, 3.8) is 0 Å². The summed E-state index contributed by atoms with van der Waals surface area (Å²) in [6.45, 7) is 4.58. The van der Waals surface area contributed by atoms with Gasteiger partial charge in [-0.25, -0.2) is 4.79 Å². The van der Waals surface area contributed by atoms with E-state index in [9.17, 15) is 9.59 Å². The van der Waals surface area contributed by atoms with Gasteiger partial charge in [0, 0.05) is 11.4 Å². The van der Waals surface area contributed by atoms with Crippen LogP contribution in [-0.2, 0) is 22.5 Å². The van der Waals surface area contributed by atoms with E-state index in [-0.39, 0.29) is 11.7 Å². The van der Waals surface area contributed by atoms with Crippen LogP contribution in [0.3, 0.4) is 0 Å². The number of thioether (sulfide) groups is 1. The van der Waals surface area contributed by atoms with Gasteiger partial charge in [0.05, 0.1) is 18.4 Å². The minimum absolute atomic E-state index is 0.125. The SMILES string of the molecule is CCc1cc(C(=O)OC)c(NC(=O)CSc2nnc(-c3ccc(Br)o3)n2CC)s1. The summed E-state index contributed by atoms with van der Waals surface area (Å²) in [6, 6.07) is 5.34. The Bertz CT molecular complexity index is 1030. The molecule has 1 N–H and O–H groups in total. The van der Waals surface area contributed by atoms with Crippen LogP contribution in [0.4, 0.5) is 5.00 Å². The van der Waals surface area contributed by atoms with Crippen molar-refractivity contribution in [2.45, 2.75) is 32.0 Å². The number of nitrogens with one attached hydrogen (secondary N) is 1. The molecule has 0 aromatic carbocycles. The maximum Gasteiger partial charge on any atom is 0.340 e. The van der Waals surface area contributed by atoms with E-state index in [1.165, 1.54) is 30.2 Å². The molecule has 3 heterocycles. The lowest BCUT2D eigenvalue weighted by atomic mass is 10.2. The quantitative estimate of drug-likeness (QED) is 0.361. The van der Waals surface area contributed by atoms with Crippen LogP contribution in [0.5, 0.6) is 0 Å². The Labute approximate surface area is 184 Å². The first-order valence-corrected chi connectivity index (χ1v) is 11.4. The Kier molecular flexibility index (Phi) is 7.14. The summed E-state index contributed by atoms with van der Waals surface area (Å²) in [5.41, 5.74) is 0.370. The standard InChI is InChI=1S/C18H19BrN4O4S2/c1-4-10-8-11(17(25)26-3)16(29-10)20-14(24)9-28-18-22-21-15(23(18)5-2)12-6-7-13(19)27-12/h6-8H,4-5,9H2,1-3H3,(H,20,24). The summed E-state index contributed by atoms with van der Waals surface area (Å²) in [6.07, 6.45) is 0.768. The molecule has 0 radical (unpaired) electrons. The minimum atomic E-state index is -0.469. The molecular weight excluding hydrogens is 480 g/mol. The van der Waals surface area contributed by atoms with E-state index < -0.39 is 5.97 Å². The summed E-state index contributed by atoms with van der Waals surface area (Å²) in [5, 5.41) is 12.3. The second kappa shape index (κ2) is 9.59. The first-order valence-electron chi connectivity index (χ1n) is 8.79. The zero-order valence-electron chi connectivity index (χ0n) is 16.0. The van der Waals surface area contributed by atoms with Crippen molar-refractivity contribution in [1.29, 1.82) is 0 Å². The van der Waals surface area contributed by atoms with Crippen LogP contribution in [0.1, 0.15) is 29.1 Å². The number of hydrogen-bond acceptors (Lipinski definition) is 8. The van der Waals surface area contributed by atoms with Crippen LogP contribution in [0.25, 0.3) is 11.6 Å². The van der Waals surface area contributed by atoms with Crippen LogP contribution in [0.15, 0.2) is 32.4 Å². The minimum Gasteiger partial charge on any atom is -0.465 e. The topological polar surface area (TPSA) is 99.2 Å². The third-order valence-electron chi connectivity index (χ3n) is 3.95. The first-order chi connectivity index (χ1) is 14.0. The molecule has 0 spiro atoms. The van der Waals surface area contributed by atoms with Gasteiger partial charge < -0.3 is 14.5 Å². The Morgan fingerprint density at radius 3 is 2.76 bits per heavy atom. The van der Waals surface area contributed by atoms with Gasteiger partial charge in [-0.05, 0) is 47.5 Å². The summed E-state index contributed by atoms with van der Waals surface area (Å²) in [5.74, 6) is 0.609. The normalized spacial score (nSPS) is 10.9. The number of aryl methyl sites for hydroxylation is 1. The van der Waals surface area contributed by atoms with Crippen molar-refractivity contribution in [2.24, 2.45) is 0 Å². The van der Waals surface area contributed by atoms with Crippen molar-refractivity contribution in [2.75, 3.05) is 18.2 Å². The van der Waals surface area contributed by atoms with E-state index in [0.29, 0.717) is 38.5 Å². The molecule has 0 atom stereocenters. The van der Waals surface area contributed by atoms with E-state index >= 15 is 0 Å². The fourth-order valence-corrected chi connectivity index (χ4v) is 4.67. The Balaban J connectivity index is 1.70. The van der Waals surface area contributed by atoms with Crippen LogP contribution < -0.4 is 5.32 Å². The number of anilines is 1. The van der Waals surface area contributed by atoms with Gasteiger partial charge in [-0.15, -0.1) is 21.5 Å². The molecule has 0 bridgehead atoms. The Morgan fingerprint density at radius 2 is 2.14 bits per heavy atom. The predicted octanol–water partition coefficient (Wildman–Crippen LogP) is 4.46. The van der Waals surface area contributed by atoms with Crippen LogP contribution in [0, 0.1) is 0 Å². The lowest BCUT2D eigenvalue weighted by Gasteiger charge is -2.07. The van der Waals surface area contributed by atoms with Crippen LogP contribution in [0.2, 0.25) is 0 Å². The van der Waals surface area contributed by atoms with Gasteiger partial charge in [-0.3, -0.25) is 9.36 Å². The van der Waals surface area contributed by atoms with Gasteiger partial charge in [0.1, 0.15) is 5.00 Å². The number of nitrogens with zero attached hydrogens (tertiary/aromatic N) is 3. The summed E-state index contributed by atoms with van der Waals surface area (Å²) < 4.78 is 12.8. The van der Waals surface area contributed by atoms with Crippen molar-refractivity contribution in [3.05, 3.63) is 33.3 Å². The molecule has 0 saturated carbocycles. The molecule has 3 aromatic heterocycles. The number of hydrogen-bond donors (Lipinski definition) is 1. The zero-order chi connectivity index (χ0) is 21.0. The lowest BCUT2D eigenvalue weighted by molar-refractivity contribution is -0.113. The molecule has 154 valence electrons. The summed E-state index contributed by atoms with van der Waals surface area (Å²) in [4.78, 5) is 25.4. The van der Waals surface area contributed by atoms with Crippen molar-refractivity contribution in [1.82, 2.24) is 14.8 Å². The molecule has 1 amide bonds. The molecule has 8 nitrogen and oxygen atoms in total. The predicted molar refractivity (Wildman–Crippen MR) is 115 cm³/mol. The summed E-state index contributed by atoms with van der Waals surface area (Å²) in [7, 11) is 1.32. The number of rotatable bonds is 8. The lowest BCUT2D eigenvalue weighted by Crippen LogP contribution is -2.16. The maximum atomic E-state index is 12.5. The molecule has 3 rings (SSSR count). The highest BCUT2D eigenvalue weighted by Crippen LogP contribution is 2.30. The average Bonchev–Trinajstić information content (AvgIpc) is 3.43. The molecule has 0 unspecified atom stereocenters. The van der Waals surface area contributed by atoms with E-state index in [1.54, 1.807) is 18.2 Å². The van der Waals surface area contributed by atoms with Gasteiger partial charge in [0.2, 0.25) is 11.7 Å². The maximum absolute atomic E-state index is 12.5. The second-order valence-corrected chi connectivity index (χ2v) is 8.65. The third-order valence-corrected chi connectivity index (χ3v) is 6.54. The number of amides is 1. The number of carbonyl (C=O) groups is 2. The van der Waals surface area contributed by atoms with Crippen molar-refractivity contribution >= 4 is 55.9 Å². The van der Waals surface area contributed by atoms with E-state index in [2.05, 4.69) is 31.4 Å². The van der Waals surface area contributed by atoms with Gasteiger partial charge in [-0.2, -0.15) is 0 Å². The molecule has 0 aliphatic heterocycles. The highest BCUT2D eigenvalue weighted by Gasteiger charge is 2.20.